The number of aryl methyl sites for hydroxylation is 3. The van der Waals surface area contributed by atoms with Crippen LogP contribution in [0, 0.1) is 6.92 Å². The largest absolute Gasteiger partial charge is 0.507 e. The van der Waals surface area contributed by atoms with E-state index in [1.165, 1.54) is 35.7 Å². The van der Waals surface area contributed by atoms with Crippen LogP contribution in [0.3, 0.4) is 0 Å². The van der Waals surface area contributed by atoms with Gasteiger partial charge in [0.25, 0.3) is 0 Å². The number of primary amides is 1. The number of nitrogens with zero attached hydrogens (tertiary/aromatic N) is 6. The van der Waals surface area contributed by atoms with E-state index in [2.05, 4.69) is 37.7 Å². The maximum atomic E-state index is 10.6. The van der Waals surface area contributed by atoms with Crippen LogP contribution in [0.4, 0.5) is 5.82 Å². The van der Waals surface area contributed by atoms with Crippen molar-refractivity contribution in [2.45, 2.75) is 26.2 Å². The third-order valence-corrected chi connectivity index (χ3v) is 7.41. The normalized spacial score (nSPS) is 11.9. The molecule has 0 saturated heterocycles. The van der Waals surface area contributed by atoms with Gasteiger partial charge in [-0.25, -0.2) is 15.0 Å². The van der Waals surface area contributed by atoms with Gasteiger partial charge >= 0.3 is 0 Å². The van der Waals surface area contributed by atoms with Crippen LogP contribution >= 0.6 is 0 Å². The molecule has 11 heteroatoms. The standard InChI is InChI=1S/C25H21N7.C8H7NO3/c1-15-13-29-22(14-28-15)20-9-10-21-25(30-20)32(18-8-7-16-4-2-5-17(16)12-18)24(31-21)19-6-3-11-27-23(19)26;9-8(12)5-1-2-7(11)6(3-5)4-10/h3,6-14H,2,4-5H2,1H3,(H2,26,27);1-4,11H,(H2,9,12). The Labute approximate surface area is 252 Å². The molecule has 2 aromatic carbocycles. The van der Waals surface area contributed by atoms with Crippen LogP contribution in [-0.4, -0.2) is 46.8 Å². The van der Waals surface area contributed by atoms with Crippen molar-refractivity contribution in [1.29, 1.82) is 0 Å². The highest BCUT2D eigenvalue weighted by Crippen LogP contribution is 2.33. The third kappa shape index (κ3) is 5.45. The van der Waals surface area contributed by atoms with Gasteiger partial charge in [0.2, 0.25) is 5.91 Å². The summed E-state index contributed by atoms with van der Waals surface area (Å²) in [6, 6.07) is 18.2. The highest BCUT2D eigenvalue weighted by atomic mass is 16.3. The van der Waals surface area contributed by atoms with E-state index in [0.717, 1.165) is 58.2 Å². The van der Waals surface area contributed by atoms with Crippen molar-refractivity contribution in [2.75, 3.05) is 5.73 Å². The monoisotopic (exact) mass is 584 g/mol. The number of aromatic nitrogens is 6. The van der Waals surface area contributed by atoms with Gasteiger partial charge in [0, 0.05) is 23.6 Å². The Kier molecular flexibility index (Phi) is 7.51. The Balaban J connectivity index is 0.000000242. The zero-order chi connectivity index (χ0) is 30.8. The minimum Gasteiger partial charge on any atom is -0.507 e. The molecule has 218 valence electrons. The number of hydrogen-bond acceptors (Lipinski definition) is 9. The number of phenols is 1. The number of carbonyl (C=O) groups excluding carboxylic acids is 2. The van der Waals surface area contributed by atoms with Gasteiger partial charge in [-0.3, -0.25) is 24.1 Å². The van der Waals surface area contributed by atoms with E-state index in [0.29, 0.717) is 12.1 Å². The van der Waals surface area contributed by atoms with Crippen LogP contribution in [0.15, 0.2) is 79.3 Å². The number of fused-ring (bicyclic) bond motifs is 2. The molecule has 0 saturated carbocycles. The molecule has 0 radical (unpaired) electrons. The highest BCUT2D eigenvalue weighted by molar-refractivity contribution is 5.95. The number of carbonyl (C=O) groups is 2. The zero-order valence-corrected chi connectivity index (χ0v) is 23.8. The quantitative estimate of drug-likeness (QED) is 0.244. The number of benzene rings is 2. The number of amides is 1. The minimum atomic E-state index is -0.627. The molecule has 0 atom stereocenters. The highest BCUT2D eigenvalue weighted by Gasteiger charge is 2.20. The fourth-order valence-electron chi connectivity index (χ4n) is 5.16. The fourth-order valence-corrected chi connectivity index (χ4v) is 5.16. The number of anilines is 1. The Bertz CT molecular complexity index is 2040. The Morgan fingerprint density at radius 3 is 2.52 bits per heavy atom. The molecular formula is C33H28N8O3. The molecular weight excluding hydrogens is 556 g/mol. The Hall–Kier alpha value is -5.97. The van der Waals surface area contributed by atoms with Gasteiger partial charge < -0.3 is 16.6 Å². The number of nitrogen functional groups attached to an aromatic ring is 1. The van der Waals surface area contributed by atoms with Crippen molar-refractivity contribution in [3.63, 3.8) is 0 Å². The lowest BCUT2D eigenvalue weighted by atomic mass is 10.1. The summed E-state index contributed by atoms with van der Waals surface area (Å²) in [6.45, 7) is 1.92. The molecule has 5 N–H and O–H groups in total. The number of hydrogen-bond donors (Lipinski definition) is 3. The lowest BCUT2D eigenvalue weighted by Gasteiger charge is -2.12. The summed E-state index contributed by atoms with van der Waals surface area (Å²) < 4.78 is 2.08. The summed E-state index contributed by atoms with van der Waals surface area (Å²) in [7, 11) is 0. The molecule has 6 aromatic rings. The van der Waals surface area contributed by atoms with Gasteiger partial charge in [0.15, 0.2) is 17.8 Å². The number of imidazole rings is 1. The molecule has 7 rings (SSSR count). The molecule has 1 amide bonds. The van der Waals surface area contributed by atoms with Crippen molar-refractivity contribution in [1.82, 2.24) is 29.5 Å². The smallest absolute Gasteiger partial charge is 0.248 e. The number of aldehydes is 1. The second kappa shape index (κ2) is 11.7. The van der Waals surface area contributed by atoms with Gasteiger partial charge in [-0.2, -0.15) is 0 Å². The van der Waals surface area contributed by atoms with Crippen LogP contribution < -0.4 is 11.5 Å². The topological polar surface area (TPSA) is 176 Å². The zero-order valence-electron chi connectivity index (χ0n) is 23.8. The number of nitrogens with two attached hydrogens (primary N) is 2. The second-order valence-electron chi connectivity index (χ2n) is 10.4. The van der Waals surface area contributed by atoms with E-state index in [-0.39, 0.29) is 16.9 Å². The van der Waals surface area contributed by atoms with E-state index in [9.17, 15) is 9.59 Å². The van der Waals surface area contributed by atoms with Crippen LogP contribution in [0.1, 0.15) is 44.0 Å². The molecule has 1 aliphatic carbocycles. The third-order valence-electron chi connectivity index (χ3n) is 7.41. The molecule has 0 fully saturated rings. The van der Waals surface area contributed by atoms with Crippen molar-refractivity contribution < 1.29 is 14.7 Å². The van der Waals surface area contributed by atoms with E-state index in [4.69, 9.17) is 26.5 Å². The van der Waals surface area contributed by atoms with Crippen LogP contribution in [-0.2, 0) is 12.8 Å². The van der Waals surface area contributed by atoms with Gasteiger partial charge in [0.05, 0.1) is 28.7 Å². The average molecular weight is 585 g/mol. The first-order valence-corrected chi connectivity index (χ1v) is 13.9. The summed E-state index contributed by atoms with van der Waals surface area (Å²) in [5.74, 6) is 0.381. The van der Waals surface area contributed by atoms with E-state index < -0.39 is 5.91 Å². The fraction of sp³-hybridized carbons (Fsp3) is 0.121. The van der Waals surface area contributed by atoms with Crippen molar-refractivity contribution in [3.05, 3.63) is 107 Å². The lowest BCUT2D eigenvalue weighted by molar-refractivity contribution is 0.1000. The van der Waals surface area contributed by atoms with Gasteiger partial charge in [-0.1, -0.05) is 6.07 Å². The Morgan fingerprint density at radius 2 is 1.77 bits per heavy atom. The van der Waals surface area contributed by atoms with Crippen molar-refractivity contribution in [3.8, 4) is 34.2 Å². The summed E-state index contributed by atoms with van der Waals surface area (Å²) in [5.41, 5.74) is 19.9. The predicted molar refractivity (Wildman–Crippen MR) is 166 cm³/mol. The van der Waals surface area contributed by atoms with E-state index in [1.54, 1.807) is 18.6 Å². The maximum absolute atomic E-state index is 10.6. The average Bonchev–Trinajstić information content (AvgIpc) is 3.66. The minimum absolute atomic E-state index is 0.0614. The molecule has 1 aliphatic rings. The summed E-state index contributed by atoms with van der Waals surface area (Å²) in [5, 5.41) is 9.03. The van der Waals surface area contributed by atoms with Crippen molar-refractivity contribution >= 4 is 29.2 Å². The second-order valence-corrected chi connectivity index (χ2v) is 10.4. The number of phenolic OH excluding ortho intramolecular Hbond substituents is 1. The maximum Gasteiger partial charge on any atom is 0.248 e. The molecule has 44 heavy (non-hydrogen) atoms. The first kappa shape index (κ1) is 28.2. The number of aromatic hydroxyl groups is 1. The SMILES string of the molecule is Cc1cnc(-c2ccc3nc(-c4cccnc4N)n(-c4ccc5c(c4)CCC5)c3n2)cn1.NC(=O)c1ccc(O)c(C=O)c1. The van der Waals surface area contributed by atoms with E-state index >= 15 is 0 Å². The molecule has 0 unspecified atom stereocenters. The van der Waals surface area contributed by atoms with Crippen LogP contribution in [0.5, 0.6) is 5.75 Å². The molecule has 11 nitrogen and oxygen atoms in total. The molecule has 4 aromatic heterocycles. The summed E-state index contributed by atoms with van der Waals surface area (Å²) in [6.07, 6.45) is 9.07. The summed E-state index contributed by atoms with van der Waals surface area (Å²) in [4.78, 5) is 43.9. The Morgan fingerprint density at radius 1 is 0.932 bits per heavy atom. The molecule has 0 spiro atoms. The first-order valence-electron chi connectivity index (χ1n) is 13.9. The number of rotatable bonds is 5. The van der Waals surface area contributed by atoms with Crippen LogP contribution in [0.2, 0.25) is 0 Å². The van der Waals surface area contributed by atoms with Gasteiger partial charge in [-0.15, -0.1) is 0 Å². The van der Waals surface area contributed by atoms with Crippen molar-refractivity contribution in [2.24, 2.45) is 5.73 Å². The lowest BCUT2D eigenvalue weighted by Crippen LogP contribution is -2.10. The van der Waals surface area contributed by atoms with Gasteiger partial charge in [-0.05, 0) is 91.9 Å². The molecule has 4 heterocycles. The molecule has 0 bridgehead atoms. The number of pyridine rings is 2. The predicted octanol–water partition coefficient (Wildman–Crippen LogP) is 4.62. The van der Waals surface area contributed by atoms with Crippen LogP contribution in [0.25, 0.3) is 39.6 Å². The summed E-state index contributed by atoms with van der Waals surface area (Å²) >= 11 is 0. The molecule has 0 aliphatic heterocycles. The first-order chi connectivity index (χ1) is 21.3. The van der Waals surface area contributed by atoms with E-state index in [1.807, 2.05) is 31.2 Å². The van der Waals surface area contributed by atoms with Gasteiger partial charge in [0.1, 0.15) is 22.8 Å².